The lowest BCUT2D eigenvalue weighted by molar-refractivity contribution is -0.113. The first-order chi connectivity index (χ1) is 8.77. The van der Waals surface area contributed by atoms with Crippen LogP contribution in [0.4, 0.5) is 0 Å². The number of fused-ring (bicyclic) bond motifs is 1. The van der Waals surface area contributed by atoms with Crippen LogP contribution in [0.25, 0.3) is 11.0 Å². The number of halogens is 1. The van der Waals surface area contributed by atoms with E-state index < -0.39 is 10.9 Å². The first kappa shape index (κ1) is 13.7. The van der Waals surface area contributed by atoms with Gasteiger partial charge >= 0.3 is 0 Å². The van der Waals surface area contributed by atoms with Crippen LogP contribution >= 0.6 is 23.3 Å². The lowest BCUT2D eigenvalue weighted by Gasteiger charge is -2.26. The van der Waals surface area contributed by atoms with Crippen LogP contribution < -0.4 is 11.1 Å². The highest BCUT2D eigenvalue weighted by atomic mass is 35.5. The molecule has 1 amide bonds. The maximum absolute atomic E-state index is 11.5. The van der Waals surface area contributed by atoms with Crippen molar-refractivity contribution < 1.29 is 4.79 Å². The number of rotatable bonds is 2. The first-order valence-corrected chi connectivity index (χ1v) is 7.09. The van der Waals surface area contributed by atoms with E-state index in [1.54, 1.807) is 6.20 Å². The van der Waals surface area contributed by atoms with Crippen LogP contribution in [0.5, 0.6) is 0 Å². The van der Waals surface area contributed by atoms with Crippen molar-refractivity contribution >= 4 is 40.2 Å². The van der Waals surface area contributed by atoms with Gasteiger partial charge in [-0.05, 0) is 6.07 Å². The van der Waals surface area contributed by atoms with Gasteiger partial charge in [-0.15, -0.1) is 12.4 Å². The maximum atomic E-state index is 11.5. The molecule has 2 aromatic rings. The van der Waals surface area contributed by atoms with Crippen LogP contribution in [0.1, 0.15) is 0 Å². The highest BCUT2D eigenvalue weighted by Crippen LogP contribution is 2.45. The largest absolute Gasteiger partial charge is 0.389 e. The van der Waals surface area contributed by atoms with Gasteiger partial charge in [0, 0.05) is 30.1 Å². The van der Waals surface area contributed by atoms with E-state index in [1.807, 2.05) is 12.3 Å². The number of primary amides is 1. The van der Waals surface area contributed by atoms with Gasteiger partial charge in [0.25, 0.3) is 5.91 Å². The molecule has 6 nitrogen and oxygen atoms in total. The molecule has 1 aliphatic rings. The topological polar surface area (TPSA) is 96.7 Å². The average molecular weight is 300 g/mol. The molecule has 0 fully saturated rings. The van der Waals surface area contributed by atoms with Crippen molar-refractivity contribution in [3.05, 3.63) is 29.7 Å². The molecule has 0 spiro atoms. The summed E-state index contributed by atoms with van der Waals surface area (Å²) in [6.07, 6.45) is 5.07. The Balaban J connectivity index is 0.00000133. The Morgan fingerprint density at radius 1 is 1.42 bits per heavy atom. The van der Waals surface area contributed by atoms with Crippen LogP contribution in [-0.2, 0) is 4.79 Å². The molecule has 8 heteroatoms. The van der Waals surface area contributed by atoms with Gasteiger partial charge in [-0.3, -0.25) is 4.79 Å². The lowest BCUT2D eigenvalue weighted by atomic mass is 10.4. The molecule has 102 valence electrons. The zero-order valence-electron chi connectivity index (χ0n) is 9.96. The number of carbonyl (C=O) groups excluding carboxylic acids is 1. The van der Waals surface area contributed by atoms with Crippen LogP contribution in [0.3, 0.4) is 0 Å². The highest BCUT2D eigenvalue weighted by Gasteiger charge is 2.23. The number of carbonyl (C=O) groups is 1. The minimum atomic E-state index is -0.791. The number of hydrogen-bond acceptors (Lipinski definition) is 4. The number of nitrogens with zero attached hydrogens (tertiary/aromatic N) is 2. The van der Waals surface area contributed by atoms with Crippen molar-refractivity contribution in [3.8, 4) is 0 Å². The van der Waals surface area contributed by atoms with E-state index in [-0.39, 0.29) is 18.3 Å². The fraction of sp³-hybridized carbons (Fsp3) is 0.182. The summed E-state index contributed by atoms with van der Waals surface area (Å²) in [6.45, 7) is 0.832. The van der Waals surface area contributed by atoms with Gasteiger partial charge in [0.2, 0.25) is 0 Å². The van der Waals surface area contributed by atoms with E-state index in [4.69, 9.17) is 5.73 Å². The zero-order valence-corrected chi connectivity index (χ0v) is 11.7. The predicted molar refractivity (Wildman–Crippen MR) is 78.5 cm³/mol. The third-order valence-electron chi connectivity index (χ3n) is 2.85. The smallest absolute Gasteiger partial charge is 0.255 e. The second-order valence-corrected chi connectivity index (χ2v) is 6.15. The molecule has 3 rings (SSSR count). The molecular formula is C11H14ClN5OS. The molecule has 4 N–H and O–H groups in total. The third kappa shape index (κ3) is 2.39. The number of aromatic amines is 1. The van der Waals surface area contributed by atoms with Gasteiger partial charge in [0.05, 0.1) is 9.93 Å². The molecule has 0 aliphatic carbocycles. The van der Waals surface area contributed by atoms with Gasteiger partial charge in [0.15, 0.2) is 0 Å². The number of aromatic nitrogens is 3. The summed E-state index contributed by atoms with van der Waals surface area (Å²) in [7, 11) is -0.791. The van der Waals surface area contributed by atoms with Gasteiger partial charge in [0.1, 0.15) is 12.0 Å². The molecule has 19 heavy (non-hydrogen) atoms. The molecule has 0 bridgehead atoms. The molecule has 0 saturated carbocycles. The van der Waals surface area contributed by atoms with E-state index in [9.17, 15) is 4.79 Å². The fourth-order valence-electron chi connectivity index (χ4n) is 2.04. The highest BCUT2D eigenvalue weighted by molar-refractivity contribution is 8.21. The Kier molecular flexibility index (Phi) is 3.96. The van der Waals surface area contributed by atoms with Gasteiger partial charge < -0.3 is 16.0 Å². The molecule has 1 atom stereocenters. The number of nitrogens with two attached hydrogens (primary N) is 1. The van der Waals surface area contributed by atoms with E-state index in [2.05, 4.69) is 20.3 Å². The molecule has 2 aromatic heterocycles. The molecule has 0 radical (unpaired) electrons. The monoisotopic (exact) mass is 299 g/mol. The molecule has 3 heterocycles. The summed E-state index contributed by atoms with van der Waals surface area (Å²) >= 11 is 0. The number of amides is 1. The van der Waals surface area contributed by atoms with E-state index in [0.29, 0.717) is 4.91 Å². The minimum absolute atomic E-state index is 0. The Bertz CT molecular complexity index is 641. The number of nitrogens with one attached hydrogen (secondary N) is 2. The summed E-state index contributed by atoms with van der Waals surface area (Å²) in [4.78, 5) is 23.7. The first-order valence-electron chi connectivity index (χ1n) is 5.56. The summed E-state index contributed by atoms with van der Waals surface area (Å²) < 4.78 is 0. The summed E-state index contributed by atoms with van der Waals surface area (Å²) in [5, 5.41) is 4.95. The SMILES string of the molecule is Cl.NC(=O)C1=CNCC[SH]1c1ncnc2[nH]ccc12. The van der Waals surface area contributed by atoms with Crippen LogP contribution in [-0.4, -0.2) is 33.2 Å². The summed E-state index contributed by atoms with van der Waals surface area (Å²) in [6, 6.07) is 1.94. The number of thiol groups is 1. The quantitative estimate of drug-likeness (QED) is 0.484. The van der Waals surface area contributed by atoms with Gasteiger partial charge in [-0.2, -0.15) is 10.9 Å². The Morgan fingerprint density at radius 2 is 2.26 bits per heavy atom. The molecule has 1 unspecified atom stereocenters. The van der Waals surface area contributed by atoms with Crippen LogP contribution in [0.15, 0.2) is 34.7 Å². The molecular weight excluding hydrogens is 286 g/mol. The van der Waals surface area contributed by atoms with Crippen molar-refractivity contribution in [2.45, 2.75) is 5.03 Å². The average Bonchev–Trinajstić information content (AvgIpc) is 2.86. The fourth-order valence-corrected chi connectivity index (χ4v) is 4.25. The minimum Gasteiger partial charge on any atom is -0.389 e. The van der Waals surface area contributed by atoms with E-state index >= 15 is 0 Å². The van der Waals surface area contributed by atoms with Crippen molar-refractivity contribution in [2.75, 3.05) is 12.3 Å². The molecule has 0 saturated heterocycles. The molecule has 0 aromatic carbocycles. The second-order valence-electron chi connectivity index (χ2n) is 3.94. The third-order valence-corrected chi connectivity index (χ3v) is 5.32. The van der Waals surface area contributed by atoms with Crippen molar-refractivity contribution in [1.82, 2.24) is 20.3 Å². The van der Waals surface area contributed by atoms with Crippen molar-refractivity contribution in [3.63, 3.8) is 0 Å². The Labute approximate surface area is 118 Å². The van der Waals surface area contributed by atoms with E-state index in [1.165, 1.54) is 6.33 Å². The number of H-pyrrole nitrogens is 1. The second kappa shape index (κ2) is 5.50. The van der Waals surface area contributed by atoms with E-state index in [0.717, 1.165) is 28.4 Å². The van der Waals surface area contributed by atoms with Crippen molar-refractivity contribution in [2.24, 2.45) is 5.73 Å². The Morgan fingerprint density at radius 3 is 3.05 bits per heavy atom. The summed E-state index contributed by atoms with van der Waals surface area (Å²) in [5.74, 6) is 0.483. The van der Waals surface area contributed by atoms with Crippen LogP contribution in [0, 0.1) is 0 Å². The predicted octanol–water partition coefficient (Wildman–Crippen LogP) is 0.670. The van der Waals surface area contributed by atoms with Gasteiger partial charge in [-0.25, -0.2) is 9.97 Å². The normalized spacial score (nSPS) is 20.2. The molecule has 1 aliphatic heterocycles. The maximum Gasteiger partial charge on any atom is 0.255 e. The standard InChI is InChI=1S/C11H13N5OS.ClH/c12-9(17)8-5-13-3-4-18(8)11-7-1-2-14-10(7)15-6-16-11;/h1-2,5-6,13,18H,3-4H2,(H2,12,17)(H,14,15,16);1H. The zero-order chi connectivity index (χ0) is 12.5. The number of hydrogen-bond donors (Lipinski definition) is 4. The van der Waals surface area contributed by atoms with Gasteiger partial charge in [-0.1, -0.05) is 0 Å². The van der Waals surface area contributed by atoms with Crippen molar-refractivity contribution in [1.29, 1.82) is 0 Å². The van der Waals surface area contributed by atoms with Crippen LogP contribution in [0.2, 0.25) is 0 Å². The summed E-state index contributed by atoms with van der Waals surface area (Å²) in [5.41, 5.74) is 6.23. The Hall–Kier alpha value is -1.73. The lowest BCUT2D eigenvalue weighted by Crippen LogP contribution is -2.26.